The van der Waals surface area contributed by atoms with Gasteiger partial charge in [0.2, 0.25) is 0 Å². The number of thioether (sulfide) groups is 2. The topological polar surface area (TPSA) is 112 Å². The first-order chi connectivity index (χ1) is 19.7. The summed E-state index contributed by atoms with van der Waals surface area (Å²) in [5.74, 6) is 0.248. The van der Waals surface area contributed by atoms with Crippen molar-refractivity contribution in [1.29, 1.82) is 5.26 Å². The molecule has 0 amide bonds. The quantitative estimate of drug-likeness (QED) is 0.126. The summed E-state index contributed by atoms with van der Waals surface area (Å²) in [4.78, 5) is 40.1. The first-order valence-corrected chi connectivity index (χ1v) is 16.1. The van der Waals surface area contributed by atoms with Crippen LogP contribution in [0.2, 0.25) is 0 Å². The Kier molecular flexibility index (Phi) is 11.2. The molecule has 1 aromatic carbocycles. The number of carbonyl (C=O) groups excluding carboxylic acids is 3. The lowest BCUT2D eigenvalue weighted by Gasteiger charge is -2.25. The number of carbonyl (C=O) groups is 3. The maximum atomic E-state index is 13.1. The SMILES string of the molecule is COC(C)CCOC(=O)C(C#N)=C1Sc2c(OC(=O)C3CCC(C)CC3)ccc(OC(=O)C3CCC(C)CC3)c2S1. The summed E-state index contributed by atoms with van der Waals surface area (Å²) in [5.41, 5.74) is -0.140. The predicted molar refractivity (Wildman–Crippen MR) is 156 cm³/mol. The highest BCUT2D eigenvalue weighted by atomic mass is 32.2. The zero-order valence-corrected chi connectivity index (χ0v) is 25.9. The lowest BCUT2D eigenvalue weighted by molar-refractivity contribution is -0.141. The molecule has 0 N–H and O–H groups in total. The summed E-state index contributed by atoms with van der Waals surface area (Å²) in [5, 5.41) is 9.87. The monoisotopic (exact) mass is 601 g/mol. The Morgan fingerprint density at radius 3 is 1.76 bits per heavy atom. The van der Waals surface area contributed by atoms with Gasteiger partial charge in [0.05, 0.1) is 38.6 Å². The highest BCUT2D eigenvalue weighted by Crippen LogP contribution is 2.59. The third-order valence-corrected chi connectivity index (χ3v) is 10.9. The van der Waals surface area contributed by atoms with Crippen molar-refractivity contribution in [1.82, 2.24) is 0 Å². The van der Waals surface area contributed by atoms with Gasteiger partial charge < -0.3 is 18.9 Å². The second-order valence-corrected chi connectivity index (χ2v) is 13.7. The molecule has 2 saturated carbocycles. The zero-order chi connectivity index (χ0) is 29.5. The summed E-state index contributed by atoms with van der Waals surface area (Å²) in [7, 11) is 1.58. The summed E-state index contributed by atoms with van der Waals surface area (Å²) in [6.07, 6.45) is 7.51. The number of methoxy groups -OCH3 is 1. The van der Waals surface area contributed by atoms with E-state index in [9.17, 15) is 19.6 Å². The number of esters is 3. The molecule has 0 bridgehead atoms. The van der Waals surface area contributed by atoms with Crippen molar-refractivity contribution in [2.45, 2.75) is 94.5 Å². The van der Waals surface area contributed by atoms with Crippen LogP contribution in [0.3, 0.4) is 0 Å². The standard InChI is InChI=1S/C31H39NO7S2/c1-18-5-9-21(10-6-18)28(33)38-24-13-14-25(39-29(34)22-11-7-19(2)8-12-22)27-26(24)40-31(41-27)23(17-32)30(35)37-16-15-20(3)36-4/h13-14,18-22H,5-12,15-16H2,1-4H3. The third-order valence-electron chi connectivity index (χ3n) is 8.23. The fourth-order valence-electron chi connectivity index (χ4n) is 5.25. The molecule has 2 fully saturated rings. The number of ether oxygens (including phenoxy) is 4. The van der Waals surface area contributed by atoms with Crippen LogP contribution in [0.4, 0.5) is 0 Å². The maximum Gasteiger partial charge on any atom is 0.350 e. The van der Waals surface area contributed by atoms with Crippen molar-refractivity contribution in [3.05, 3.63) is 21.9 Å². The molecule has 1 aromatic rings. The minimum atomic E-state index is -0.733. The maximum absolute atomic E-state index is 13.1. The van der Waals surface area contributed by atoms with Gasteiger partial charge in [-0.15, -0.1) is 0 Å². The summed E-state index contributed by atoms with van der Waals surface area (Å²) >= 11 is 2.32. The van der Waals surface area contributed by atoms with Crippen molar-refractivity contribution in [3.8, 4) is 17.6 Å². The average molecular weight is 602 g/mol. The van der Waals surface area contributed by atoms with Gasteiger partial charge in [0.1, 0.15) is 17.6 Å². The molecule has 222 valence electrons. The average Bonchev–Trinajstić information content (AvgIpc) is 3.41. The van der Waals surface area contributed by atoms with E-state index in [-0.39, 0.29) is 42.1 Å². The molecular formula is C31H39NO7S2. The molecule has 1 aliphatic heterocycles. The summed E-state index contributed by atoms with van der Waals surface area (Å²) in [6.45, 7) is 6.37. The van der Waals surface area contributed by atoms with E-state index in [1.54, 1.807) is 19.2 Å². The third kappa shape index (κ3) is 8.08. The zero-order valence-electron chi connectivity index (χ0n) is 24.2. The van der Waals surface area contributed by atoms with E-state index in [1.165, 1.54) is 0 Å². The van der Waals surface area contributed by atoms with Gasteiger partial charge in [-0.3, -0.25) is 9.59 Å². The van der Waals surface area contributed by atoms with Crippen molar-refractivity contribution < 1.29 is 33.3 Å². The highest BCUT2D eigenvalue weighted by Gasteiger charge is 2.35. The Hall–Kier alpha value is -2.48. The molecule has 0 radical (unpaired) electrons. The molecule has 0 saturated heterocycles. The number of fused-ring (bicyclic) bond motifs is 1. The number of hydrogen-bond acceptors (Lipinski definition) is 10. The number of rotatable bonds is 9. The van der Waals surface area contributed by atoms with Gasteiger partial charge in [0, 0.05) is 13.5 Å². The van der Waals surface area contributed by atoms with Gasteiger partial charge in [-0.25, -0.2) is 4.79 Å². The first kappa shape index (κ1) is 31.5. The minimum absolute atomic E-state index is 0.0882. The van der Waals surface area contributed by atoms with E-state index in [4.69, 9.17) is 18.9 Å². The van der Waals surface area contributed by atoms with Crippen LogP contribution < -0.4 is 9.47 Å². The normalized spacial score (nSPS) is 24.5. The van der Waals surface area contributed by atoms with Crippen molar-refractivity contribution in [2.24, 2.45) is 23.7 Å². The molecule has 41 heavy (non-hydrogen) atoms. The highest BCUT2D eigenvalue weighted by molar-refractivity contribution is 8.24. The molecular weight excluding hydrogens is 562 g/mol. The Morgan fingerprint density at radius 2 is 1.34 bits per heavy atom. The Morgan fingerprint density at radius 1 is 0.878 bits per heavy atom. The van der Waals surface area contributed by atoms with Gasteiger partial charge in [0.25, 0.3) is 0 Å². The van der Waals surface area contributed by atoms with Crippen molar-refractivity contribution in [3.63, 3.8) is 0 Å². The Balaban J connectivity index is 1.57. The first-order valence-electron chi connectivity index (χ1n) is 14.5. The van der Waals surface area contributed by atoms with Gasteiger partial charge in [-0.2, -0.15) is 5.26 Å². The van der Waals surface area contributed by atoms with Crippen LogP contribution in [0.1, 0.15) is 78.6 Å². The largest absolute Gasteiger partial charge is 0.461 e. The van der Waals surface area contributed by atoms with Crippen LogP contribution in [0.5, 0.6) is 11.5 Å². The molecule has 10 heteroatoms. The molecule has 1 unspecified atom stereocenters. The van der Waals surface area contributed by atoms with Gasteiger partial charge >= 0.3 is 17.9 Å². The van der Waals surface area contributed by atoms with Gasteiger partial charge in [0.15, 0.2) is 5.57 Å². The van der Waals surface area contributed by atoms with E-state index >= 15 is 0 Å². The molecule has 0 aromatic heterocycles. The summed E-state index contributed by atoms with van der Waals surface area (Å²) < 4.78 is 22.7. The molecule has 8 nitrogen and oxygen atoms in total. The second kappa shape index (κ2) is 14.6. The molecule has 2 aliphatic carbocycles. The van der Waals surface area contributed by atoms with Crippen LogP contribution in [0, 0.1) is 35.0 Å². The van der Waals surface area contributed by atoms with Crippen LogP contribution >= 0.6 is 23.5 Å². The Labute approximate surface area is 250 Å². The number of nitriles is 1. The van der Waals surface area contributed by atoms with E-state index in [1.807, 2.05) is 13.0 Å². The van der Waals surface area contributed by atoms with Gasteiger partial charge in [-0.05, 0) is 82.3 Å². The van der Waals surface area contributed by atoms with Crippen LogP contribution in [-0.2, 0) is 23.9 Å². The lowest BCUT2D eigenvalue weighted by atomic mass is 9.83. The van der Waals surface area contributed by atoms with E-state index in [0.717, 1.165) is 74.9 Å². The minimum Gasteiger partial charge on any atom is -0.461 e. The molecule has 4 rings (SSSR count). The van der Waals surface area contributed by atoms with Crippen LogP contribution in [0.15, 0.2) is 31.7 Å². The number of nitrogens with zero attached hydrogens (tertiary/aromatic N) is 1. The van der Waals surface area contributed by atoms with Crippen molar-refractivity contribution in [2.75, 3.05) is 13.7 Å². The van der Waals surface area contributed by atoms with E-state index in [0.29, 0.717) is 43.8 Å². The predicted octanol–water partition coefficient (Wildman–Crippen LogP) is 7.05. The second-order valence-electron chi connectivity index (χ2n) is 11.4. The number of hydrogen-bond donors (Lipinski definition) is 0. The molecule has 1 heterocycles. The smallest absolute Gasteiger partial charge is 0.350 e. The summed E-state index contributed by atoms with van der Waals surface area (Å²) in [6, 6.07) is 5.26. The fourth-order valence-corrected chi connectivity index (χ4v) is 7.80. The Bertz CT molecular complexity index is 1140. The van der Waals surface area contributed by atoms with Crippen molar-refractivity contribution >= 4 is 41.4 Å². The lowest BCUT2D eigenvalue weighted by Crippen LogP contribution is -2.25. The van der Waals surface area contributed by atoms with Gasteiger partial charge in [-0.1, -0.05) is 37.4 Å². The van der Waals surface area contributed by atoms with Crippen LogP contribution in [0.25, 0.3) is 0 Å². The van der Waals surface area contributed by atoms with Crippen LogP contribution in [-0.4, -0.2) is 37.7 Å². The molecule has 1 atom stereocenters. The number of benzene rings is 1. The molecule has 3 aliphatic rings. The van der Waals surface area contributed by atoms with E-state index < -0.39 is 5.97 Å². The van der Waals surface area contributed by atoms with E-state index in [2.05, 4.69) is 13.8 Å². The molecule has 0 spiro atoms. The fraction of sp³-hybridized carbons (Fsp3) is 0.613.